The molecule has 13 nitrogen and oxygen atoms in total. The maximum atomic E-state index is 13.1. The molecule has 1 heterocycles. The van der Waals surface area contributed by atoms with E-state index in [0.717, 1.165) is 18.1 Å². The Balaban J connectivity index is 0.00000124. The first-order valence-electron chi connectivity index (χ1n) is 13.5. The molecule has 0 saturated carbocycles. The summed E-state index contributed by atoms with van der Waals surface area (Å²) in [7, 11) is 6.24. The molecule has 0 amide bonds. The Morgan fingerprint density at radius 1 is 0.977 bits per heavy atom. The monoisotopic (exact) mass is 607 g/mol. The molecule has 0 aliphatic carbocycles. The fourth-order valence-electron chi connectivity index (χ4n) is 4.36. The predicted octanol–water partition coefficient (Wildman–Crippen LogP) is 3.36. The van der Waals surface area contributed by atoms with Crippen LogP contribution in [0.2, 0.25) is 0 Å². The summed E-state index contributed by atoms with van der Waals surface area (Å²) >= 11 is 0. The number of nitrogens with one attached hydrogen (secondary N) is 2. The van der Waals surface area contributed by atoms with Crippen molar-refractivity contribution in [3.63, 3.8) is 0 Å². The van der Waals surface area contributed by atoms with Crippen LogP contribution in [-0.4, -0.2) is 73.3 Å². The van der Waals surface area contributed by atoms with E-state index in [0.29, 0.717) is 59.7 Å². The Morgan fingerprint density at radius 3 is 2.11 bits per heavy atom. The van der Waals surface area contributed by atoms with Crippen molar-refractivity contribution in [1.82, 2.24) is 14.8 Å². The zero-order valence-electron chi connectivity index (χ0n) is 25.2. The van der Waals surface area contributed by atoms with Gasteiger partial charge in [-0.25, -0.2) is 4.79 Å². The zero-order chi connectivity index (χ0) is 32.2. The van der Waals surface area contributed by atoms with E-state index in [-0.39, 0.29) is 5.84 Å². The van der Waals surface area contributed by atoms with E-state index in [9.17, 15) is 4.79 Å². The van der Waals surface area contributed by atoms with Crippen molar-refractivity contribution in [2.75, 3.05) is 41.7 Å². The van der Waals surface area contributed by atoms with Gasteiger partial charge in [-0.05, 0) is 41.8 Å². The van der Waals surface area contributed by atoms with Crippen LogP contribution in [0, 0.1) is 5.41 Å². The smallest absolute Gasteiger partial charge is 0.348 e. The van der Waals surface area contributed by atoms with Crippen LogP contribution in [0.4, 0.5) is 0 Å². The molecule has 1 aromatic heterocycles. The van der Waals surface area contributed by atoms with E-state index in [1.54, 1.807) is 52.7 Å². The lowest BCUT2D eigenvalue weighted by Crippen LogP contribution is -2.16. The lowest BCUT2D eigenvalue weighted by molar-refractivity contribution is -0.134. The van der Waals surface area contributed by atoms with Gasteiger partial charge in [0.05, 0.1) is 27.9 Å². The Bertz CT molecular complexity index is 1590. The van der Waals surface area contributed by atoms with Crippen LogP contribution in [0.5, 0.6) is 23.0 Å². The van der Waals surface area contributed by atoms with Crippen molar-refractivity contribution in [2.24, 2.45) is 5.73 Å². The number of nitrogen functional groups attached to an aromatic ring is 1. The molecule has 0 radical (unpaired) electrons. The minimum atomic E-state index is -0.833. The van der Waals surface area contributed by atoms with E-state index >= 15 is 0 Å². The number of aromatic nitrogens is 3. The zero-order valence-corrected chi connectivity index (χ0v) is 25.2. The van der Waals surface area contributed by atoms with Crippen molar-refractivity contribution in [1.29, 1.82) is 5.41 Å². The predicted molar refractivity (Wildman–Crippen MR) is 164 cm³/mol. The van der Waals surface area contributed by atoms with E-state index in [2.05, 4.69) is 10.1 Å². The summed E-state index contributed by atoms with van der Waals surface area (Å²) in [5.41, 5.74) is 8.09. The highest BCUT2D eigenvalue weighted by Crippen LogP contribution is 2.42. The van der Waals surface area contributed by atoms with Crippen molar-refractivity contribution >= 4 is 11.8 Å². The molecule has 0 fully saturated rings. The molecule has 0 saturated heterocycles. The minimum absolute atomic E-state index is 0.0125. The average molecular weight is 608 g/mol. The topological polar surface area (TPSA) is 184 Å². The number of carboxylic acid groups (broad SMARTS) is 1. The number of nitrogens with two attached hydrogens (primary N) is 1. The first kappa shape index (κ1) is 33.2. The molecule has 0 spiro atoms. The Morgan fingerprint density at radius 2 is 1.57 bits per heavy atom. The normalized spacial score (nSPS) is 11.1. The number of aromatic amines is 1. The lowest BCUT2D eigenvalue weighted by Gasteiger charge is -2.20. The van der Waals surface area contributed by atoms with Gasteiger partial charge >= 0.3 is 5.69 Å². The molecule has 4 rings (SSSR count). The van der Waals surface area contributed by atoms with Crippen LogP contribution in [0.25, 0.3) is 5.69 Å². The standard InChI is InChI=1S/C29H33N5O6.C2H4O2/c1-36-13-14-40-26-24(38-3)16-20(17-25(26)39-4)21(15-18-9-11-19(12-10-18)27(30)31)28-32-29(35)34(33-28)22-7-5-6-8-23(22)37-2;1-2(3)4/h5-12,16-17,21H,13-15H2,1-4H3,(H3,30,31)(H,32,33,35);1H3,(H,3,4). The van der Waals surface area contributed by atoms with Gasteiger partial charge in [0.1, 0.15) is 29.7 Å². The fourth-order valence-corrected chi connectivity index (χ4v) is 4.36. The number of carbonyl (C=O) groups is 1. The molecule has 0 aliphatic heterocycles. The maximum absolute atomic E-state index is 13.1. The van der Waals surface area contributed by atoms with E-state index in [1.165, 1.54) is 4.68 Å². The molecule has 1 atom stereocenters. The number of amidine groups is 1. The van der Waals surface area contributed by atoms with Crippen LogP contribution < -0.4 is 30.4 Å². The molecular weight excluding hydrogens is 570 g/mol. The highest BCUT2D eigenvalue weighted by Gasteiger charge is 2.25. The van der Waals surface area contributed by atoms with E-state index in [4.69, 9.17) is 44.7 Å². The summed E-state index contributed by atoms with van der Waals surface area (Å²) in [6, 6.07) is 18.2. The van der Waals surface area contributed by atoms with Crippen LogP contribution >= 0.6 is 0 Å². The number of hydrogen-bond acceptors (Lipinski definition) is 9. The van der Waals surface area contributed by atoms with Gasteiger partial charge < -0.3 is 34.5 Å². The molecule has 234 valence electrons. The molecule has 1 unspecified atom stereocenters. The van der Waals surface area contributed by atoms with Crippen LogP contribution in [0.1, 0.15) is 35.4 Å². The second-order valence-electron chi connectivity index (χ2n) is 9.38. The molecule has 3 aromatic carbocycles. The number of benzene rings is 3. The van der Waals surface area contributed by atoms with Gasteiger partial charge in [0.2, 0.25) is 5.75 Å². The number of para-hydroxylation sites is 2. The molecule has 0 aliphatic rings. The summed E-state index contributed by atoms with van der Waals surface area (Å²) in [5, 5.41) is 19.8. The highest BCUT2D eigenvalue weighted by atomic mass is 16.6. The number of methoxy groups -OCH3 is 4. The largest absolute Gasteiger partial charge is 0.494 e. The second kappa shape index (κ2) is 15.8. The molecule has 5 N–H and O–H groups in total. The van der Waals surface area contributed by atoms with Gasteiger partial charge in [-0.1, -0.05) is 36.4 Å². The Labute approximate surface area is 254 Å². The minimum Gasteiger partial charge on any atom is -0.494 e. The third-order valence-electron chi connectivity index (χ3n) is 6.40. The van der Waals surface area contributed by atoms with Crippen LogP contribution in [-0.2, 0) is 16.0 Å². The third-order valence-corrected chi connectivity index (χ3v) is 6.40. The fraction of sp³-hybridized carbons (Fsp3) is 0.290. The summed E-state index contributed by atoms with van der Waals surface area (Å²) in [6.07, 6.45) is 0.466. The molecule has 44 heavy (non-hydrogen) atoms. The van der Waals surface area contributed by atoms with Crippen molar-refractivity contribution < 1.29 is 33.6 Å². The van der Waals surface area contributed by atoms with Gasteiger partial charge in [-0.15, -0.1) is 5.10 Å². The number of rotatable bonds is 13. The van der Waals surface area contributed by atoms with Gasteiger partial charge in [0.15, 0.2) is 11.5 Å². The summed E-state index contributed by atoms with van der Waals surface area (Å²) < 4.78 is 29.1. The molecule has 13 heteroatoms. The van der Waals surface area contributed by atoms with Gasteiger partial charge in [-0.2, -0.15) is 4.68 Å². The first-order valence-corrected chi connectivity index (χ1v) is 13.5. The highest BCUT2D eigenvalue weighted by molar-refractivity contribution is 5.94. The Kier molecular flexibility index (Phi) is 11.9. The Hall–Kier alpha value is -5.30. The van der Waals surface area contributed by atoms with Crippen molar-refractivity contribution in [3.8, 4) is 28.7 Å². The van der Waals surface area contributed by atoms with Crippen LogP contribution in [0.15, 0.2) is 65.5 Å². The first-order chi connectivity index (χ1) is 21.1. The third kappa shape index (κ3) is 8.38. The second-order valence-corrected chi connectivity index (χ2v) is 9.38. The summed E-state index contributed by atoms with van der Waals surface area (Å²) in [5.74, 6) is 1.07. The van der Waals surface area contributed by atoms with E-state index in [1.807, 2.05) is 36.4 Å². The average Bonchev–Trinajstić information content (AvgIpc) is 3.40. The van der Waals surface area contributed by atoms with Crippen molar-refractivity contribution in [2.45, 2.75) is 19.3 Å². The number of nitrogens with zero attached hydrogens (tertiary/aromatic N) is 2. The molecule has 0 bridgehead atoms. The number of ether oxygens (including phenoxy) is 5. The van der Waals surface area contributed by atoms with Crippen molar-refractivity contribution in [3.05, 3.63) is 93.7 Å². The number of carboxylic acids is 1. The SMILES string of the molecule is CC(=O)O.COCCOc1c(OC)cc(C(Cc2ccc(C(=N)N)cc2)c2nn(-c3ccccc3OC)c(=O)[nH]2)cc1OC. The van der Waals surface area contributed by atoms with Gasteiger partial charge in [-0.3, -0.25) is 15.2 Å². The summed E-state index contributed by atoms with van der Waals surface area (Å²) in [6.45, 7) is 1.79. The van der Waals surface area contributed by atoms with Gasteiger partial charge in [0.25, 0.3) is 5.97 Å². The van der Waals surface area contributed by atoms with Gasteiger partial charge in [0, 0.05) is 25.5 Å². The molecular formula is C31H37N5O8. The maximum Gasteiger partial charge on any atom is 0.348 e. The number of hydrogen-bond donors (Lipinski definition) is 4. The van der Waals surface area contributed by atoms with Crippen LogP contribution in [0.3, 0.4) is 0 Å². The van der Waals surface area contributed by atoms with E-state index < -0.39 is 17.6 Å². The lowest BCUT2D eigenvalue weighted by atomic mass is 9.90. The number of aliphatic carboxylic acids is 1. The molecule has 4 aromatic rings. The summed E-state index contributed by atoms with van der Waals surface area (Å²) in [4.78, 5) is 25.1. The number of H-pyrrole nitrogens is 1. The quantitative estimate of drug-likeness (QED) is 0.0998.